The maximum absolute atomic E-state index is 11.7. The molecule has 0 saturated heterocycles. The molecule has 0 aliphatic rings. The highest BCUT2D eigenvalue weighted by Crippen LogP contribution is 2.26. The Bertz CT molecular complexity index is 132. The molecule has 0 spiro atoms. The first-order chi connectivity index (χ1) is 4.67. The minimum atomic E-state index is -4.98. The highest BCUT2D eigenvalue weighted by Gasteiger charge is 2.55. The molecule has 0 saturated carbocycles. The summed E-state index contributed by atoms with van der Waals surface area (Å²) in [6.07, 6.45) is -4.98. The van der Waals surface area contributed by atoms with Crippen molar-refractivity contribution in [3.05, 3.63) is 0 Å². The van der Waals surface area contributed by atoms with Crippen molar-refractivity contribution in [2.24, 2.45) is 0 Å². The topological polar surface area (TPSA) is 44.9 Å². The summed E-state index contributed by atoms with van der Waals surface area (Å²) in [5.74, 6) is -3.58. The van der Waals surface area contributed by atoms with E-state index < -0.39 is 18.5 Å². The number of rotatable bonds is 2. The number of halogens is 3. The summed E-state index contributed by atoms with van der Waals surface area (Å²) in [5, 5.41) is 16.9. The Labute approximate surface area is 62.0 Å². The largest absolute Gasteiger partial charge is 0.449 e. The molecule has 68 valence electrons. The van der Waals surface area contributed by atoms with E-state index in [0.29, 0.717) is 4.90 Å². The van der Waals surface area contributed by atoms with E-state index in [4.69, 9.17) is 10.2 Å². The van der Waals surface area contributed by atoms with Crippen LogP contribution in [-0.4, -0.2) is 42.8 Å². The zero-order valence-electron chi connectivity index (χ0n) is 6.24. The van der Waals surface area contributed by atoms with Crippen LogP contribution in [0.15, 0.2) is 0 Å². The Kier molecular flexibility index (Phi) is 2.87. The van der Waals surface area contributed by atoms with Gasteiger partial charge in [0.2, 0.25) is 0 Å². The lowest BCUT2D eigenvalue weighted by molar-refractivity contribution is -0.872. The number of hydrogen-bond donors (Lipinski definition) is 3. The number of hydrogen-bond acceptors (Lipinski definition) is 2. The predicted molar refractivity (Wildman–Crippen MR) is 30.9 cm³/mol. The van der Waals surface area contributed by atoms with Crippen LogP contribution in [0.2, 0.25) is 0 Å². The van der Waals surface area contributed by atoms with Crippen molar-refractivity contribution in [1.29, 1.82) is 0 Å². The van der Waals surface area contributed by atoms with E-state index in [1.54, 1.807) is 0 Å². The van der Waals surface area contributed by atoms with Gasteiger partial charge in [-0.1, -0.05) is 0 Å². The summed E-state index contributed by atoms with van der Waals surface area (Å²) < 4.78 is 35.0. The van der Waals surface area contributed by atoms with Gasteiger partial charge in [0, 0.05) is 0 Å². The molecule has 0 fully saturated rings. The van der Waals surface area contributed by atoms with Crippen LogP contribution in [0.3, 0.4) is 0 Å². The molecule has 0 radical (unpaired) electrons. The Morgan fingerprint density at radius 3 is 1.64 bits per heavy atom. The van der Waals surface area contributed by atoms with E-state index in [1.807, 2.05) is 0 Å². The molecule has 0 atom stereocenters. The third-order valence-corrected chi connectivity index (χ3v) is 1.05. The first-order valence-corrected chi connectivity index (χ1v) is 2.97. The summed E-state index contributed by atoms with van der Waals surface area (Å²) in [6, 6.07) is 0. The van der Waals surface area contributed by atoms with Gasteiger partial charge in [-0.3, -0.25) is 0 Å². The maximum atomic E-state index is 11.7. The van der Waals surface area contributed by atoms with Crippen LogP contribution < -0.4 is 4.90 Å². The zero-order chi connectivity index (χ0) is 9.28. The van der Waals surface area contributed by atoms with Crippen molar-refractivity contribution in [3.8, 4) is 0 Å². The van der Waals surface area contributed by atoms with Gasteiger partial charge in [0.1, 0.15) is 6.54 Å². The highest BCUT2D eigenvalue weighted by atomic mass is 19.4. The molecule has 0 aromatic carbocycles. The first-order valence-electron chi connectivity index (χ1n) is 2.97. The number of likely N-dealkylation sites (N-methyl/N-ethyl adjacent to an activating group) is 1. The predicted octanol–water partition coefficient (Wildman–Crippen LogP) is -1.63. The second-order valence-electron chi connectivity index (χ2n) is 2.70. The monoisotopic (exact) mass is 174 g/mol. The van der Waals surface area contributed by atoms with Gasteiger partial charge in [-0.05, 0) is 0 Å². The smallest absolute Gasteiger partial charge is 0.354 e. The van der Waals surface area contributed by atoms with Crippen LogP contribution in [0.4, 0.5) is 13.2 Å². The molecule has 0 aromatic rings. The Hall–Kier alpha value is -0.330. The lowest BCUT2D eigenvalue weighted by Crippen LogP contribution is -3.08. The standard InChI is InChI=1S/C5H10F3NO2/c1-9(2)3-4(10,11)5(6,7)8/h10-11H,3H2,1-2H3/p+1. The number of aliphatic hydroxyl groups is 2. The van der Waals surface area contributed by atoms with Crippen LogP contribution in [0.25, 0.3) is 0 Å². The summed E-state index contributed by atoms with van der Waals surface area (Å²) in [5.41, 5.74) is 0. The second-order valence-corrected chi connectivity index (χ2v) is 2.70. The van der Waals surface area contributed by atoms with Crippen LogP contribution in [-0.2, 0) is 0 Å². The fourth-order valence-corrected chi connectivity index (χ4v) is 0.593. The van der Waals surface area contributed by atoms with Crippen LogP contribution in [0.1, 0.15) is 0 Å². The second kappa shape index (κ2) is 2.96. The third-order valence-electron chi connectivity index (χ3n) is 1.05. The minimum absolute atomic E-state index is 0.312. The van der Waals surface area contributed by atoms with E-state index in [9.17, 15) is 13.2 Å². The molecular weight excluding hydrogens is 163 g/mol. The molecule has 0 rings (SSSR count). The SMILES string of the molecule is C[NH+](C)CC(O)(O)C(F)(F)F. The van der Waals surface area contributed by atoms with E-state index in [2.05, 4.69) is 0 Å². The summed E-state index contributed by atoms with van der Waals surface area (Å²) >= 11 is 0. The van der Waals surface area contributed by atoms with Crippen LogP contribution in [0.5, 0.6) is 0 Å². The molecule has 0 aromatic heterocycles. The van der Waals surface area contributed by atoms with Gasteiger partial charge in [-0.15, -0.1) is 0 Å². The van der Waals surface area contributed by atoms with E-state index >= 15 is 0 Å². The lowest BCUT2D eigenvalue weighted by Gasteiger charge is -2.24. The third kappa shape index (κ3) is 3.04. The quantitative estimate of drug-likeness (QED) is 0.440. The molecule has 0 aliphatic heterocycles. The Morgan fingerprint density at radius 2 is 1.55 bits per heavy atom. The van der Waals surface area contributed by atoms with Crippen molar-refractivity contribution >= 4 is 0 Å². The maximum Gasteiger partial charge on any atom is 0.449 e. The molecule has 0 bridgehead atoms. The molecule has 11 heavy (non-hydrogen) atoms. The Balaban J connectivity index is 4.22. The molecule has 0 aliphatic carbocycles. The van der Waals surface area contributed by atoms with E-state index in [0.717, 1.165) is 0 Å². The fraction of sp³-hybridized carbons (Fsp3) is 1.00. The van der Waals surface area contributed by atoms with Gasteiger partial charge < -0.3 is 15.1 Å². The average molecular weight is 174 g/mol. The molecule has 0 amide bonds. The molecule has 0 heterocycles. The zero-order valence-corrected chi connectivity index (χ0v) is 6.24. The van der Waals surface area contributed by atoms with Crippen molar-refractivity contribution in [3.63, 3.8) is 0 Å². The van der Waals surface area contributed by atoms with Crippen LogP contribution in [0, 0.1) is 0 Å². The van der Waals surface area contributed by atoms with E-state index in [-0.39, 0.29) is 0 Å². The highest BCUT2D eigenvalue weighted by molar-refractivity contribution is 4.71. The Morgan fingerprint density at radius 1 is 1.18 bits per heavy atom. The van der Waals surface area contributed by atoms with Crippen molar-refractivity contribution in [2.45, 2.75) is 12.0 Å². The normalized spacial score (nSPS) is 14.2. The van der Waals surface area contributed by atoms with Gasteiger partial charge in [-0.2, -0.15) is 13.2 Å². The van der Waals surface area contributed by atoms with E-state index in [1.165, 1.54) is 14.1 Å². The lowest BCUT2D eigenvalue weighted by atomic mass is 10.2. The van der Waals surface area contributed by atoms with Crippen molar-refractivity contribution in [1.82, 2.24) is 0 Å². The summed E-state index contributed by atoms with van der Waals surface area (Å²) in [6.45, 7) is -0.781. The van der Waals surface area contributed by atoms with Gasteiger partial charge in [-0.25, -0.2) is 0 Å². The van der Waals surface area contributed by atoms with Gasteiger partial charge in [0.05, 0.1) is 14.1 Å². The summed E-state index contributed by atoms with van der Waals surface area (Å²) in [7, 11) is 2.79. The van der Waals surface area contributed by atoms with Gasteiger partial charge >= 0.3 is 12.0 Å². The molecule has 0 unspecified atom stereocenters. The minimum Gasteiger partial charge on any atom is -0.354 e. The van der Waals surface area contributed by atoms with Crippen molar-refractivity contribution < 1.29 is 28.3 Å². The van der Waals surface area contributed by atoms with Gasteiger partial charge in [0.15, 0.2) is 0 Å². The van der Waals surface area contributed by atoms with Gasteiger partial charge in [0.25, 0.3) is 0 Å². The molecule has 3 N–H and O–H groups in total. The fourth-order valence-electron chi connectivity index (χ4n) is 0.593. The molecule has 6 heteroatoms. The first kappa shape index (κ1) is 10.7. The molecular formula is C5H11F3NO2+. The number of quaternary nitrogens is 1. The molecule has 3 nitrogen and oxygen atoms in total. The van der Waals surface area contributed by atoms with Crippen LogP contribution >= 0.6 is 0 Å². The van der Waals surface area contributed by atoms with Crippen molar-refractivity contribution in [2.75, 3.05) is 20.6 Å². The average Bonchev–Trinajstić information content (AvgIpc) is 1.56. The number of nitrogens with one attached hydrogen (secondary N) is 1. The summed E-state index contributed by atoms with van der Waals surface area (Å²) in [4.78, 5) is 0.312. The number of alkyl halides is 3.